The number of rotatable bonds is 3. The normalized spacial score (nSPS) is 32.0. The lowest BCUT2D eigenvalue weighted by Crippen LogP contribution is -2.44. The lowest BCUT2D eigenvalue weighted by molar-refractivity contribution is 0.113. The van der Waals surface area contributed by atoms with Crippen molar-refractivity contribution in [2.24, 2.45) is 17.1 Å². The molecule has 0 aromatic carbocycles. The Morgan fingerprint density at radius 1 is 1.27 bits per heavy atom. The highest BCUT2D eigenvalue weighted by Crippen LogP contribution is 2.38. The first-order valence-electron chi connectivity index (χ1n) is 6.66. The van der Waals surface area contributed by atoms with E-state index in [9.17, 15) is 0 Å². The van der Waals surface area contributed by atoms with Crippen LogP contribution in [0.15, 0.2) is 0 Å². The van der Waals surface area contributed by atoms with Gasteiger partial charge in [0.25, 0.3) is 0 Å². The van der Waals surface area contributed by atoms with Crippen LogP contribution in [0.3, 0.4) is 0 Å². The Morgan fingerprint density at radius 3 is 2.60 bits per heavy atom. The summed E-state index contributed by atoms with van der Waals surface area (Å²) in [5.74, 6) is 0.898. The second kappa shape index (κ2) is 4.84. The Hall–Kier alpha value is -0.0800. The highest BCUT2D eigenvalue weighted by molar-refractivity contribution is 4.89. The number of likely N-dealkylation sites (tertiary alicyclic amines) is 1. The van der Waals surface area contributed by atoms with Crippen molar-refractivity contribution in [2.45, 2.75) is 45.4 Å². The van der Waals surface area contributed by atoms with Crippen LogP contribution < -0.4 is 5.73 Å². The van der Waals surface area contributed by atoms with Gasteiger partial charge in [0.2, 0.25) is 0 Å². The molecule has 1 unspecified atom stereocenters. The van der Waals surface area contributed by atoms with Crippen LogP contribution in [0.5, 0.6) is 0 Å². The van der Waals surface area contributed by atoms with E-state index >= 15 is 0 Å². The summed E-state index contributed by atoms with van der Waals surface area (Å²) in [4.78, 5) is 2.67. The zero-order valence-electron chi connectivity index (χ0n) is 10.2. The number of hydrogen-bond acceptors (Lipinski definition) is 2. The molecule has 1 atom stereocenters. The highest BCUT2D eigenvalue weighted by Gasteiger charge is 2.34. The smallest absolute Gasteiger partial charge is 0.00502 e. The summed E-state index contributed by atoms with van der Waals surface area (Å²) in [5, 5.41) is 0. The molecule has 15 heavy (non-hydrogen) atoms. The fourth-order valence-corrected chi connectivity index (χ4v) is 3.46. The molecule has 1 aliphatic carbocycles. The van der Waals surface area contributed by atoms with Crippen molar-refractivity contribution >= 4 is 0 Å². The van der Waals surface area contributed by atoms with Crippen molar-refractivity contribution in [3.63, 3.8) is 0 Å². The van der Waals surface area contributed by atoms with Crippen molar-refractivity contribution in [1.29, 1.82) is 0 Å². The lowest BCUT2D eigenvalue weighted by Gasteiger charge is -2.38. The van der Waals surface area contributed by atoms with Crippen LogP contribution in [0.4, 0.5) is 0 Å². The number of hydrogen-bond donors (Lipinski definition) is 1. The summed E-state index contributed by atoms with van der Waals surface area (Å²) in [6.07, 6.45) is 8.36. The fraction of sp³-hybridized carbons (Fsp3) is 1.00. The molecule has 1 heterocycles. The van der Waals surface area contributed by atoms with Gasteiger partial charge in [0.15, 0.2) is 0 Å². The summed E-state index contributed by atoms with van der Waals surface area (Å²) in [7, 11) is 0. The Kier molecular flexibility index (Phi) is 3.68. The molecule has 2 fully saturated rings. The molecule has 1 saturated heterocycles. The van der Waals surface area contributed by atoms with Gasteiger partial charge < -0.3 is 10.6 Å². The van der Waals surface area contributed by atoms with E-state index in [1.165, 1.54) is 58.2 Å². The van der Waals surface area contributed by atoms with E-state index in [0.717, 1.165) is 12.5 Å². The van der Waals surface area contributed by atoms with E-state index in [-0.39, 0.29) is 0 Å². The van der Waals surface area contributed by atoms with Crippen molar-refractivity contribution in [3.05, 3.63) is 0 Å². The lowest BCUT2D eigenvalue weighted by atomic mass is 9.84. The van der Waals surface area contributed by atoms with E-state index in [1.54, 1.807) is 0 Å². The van der Waals surface area contributed by atoms with Crippen LogP contribution in [0.1, 0.15) is 45.4 Å². The second-order valence-corrected chi connectivity index (χ2v) is 5.89. The van der Waals surface area contributed by atoms with Gasteiger partial charge in [-0.1, -0.05) is 19.8 Å². The molecule has 0 aromatic rings. The molecule has 2 aliphatic rings. The Morgan fingerprint density at radius 2 is 2.00 bits per heavy atom. The van der Waals surface area contributed by atoms with E-state index in [1.807, 2.05) is 0 Å². The molecule has 1 aliphatic heterocycles. The van der Waals surface area contributed by atoms with Gasteiger partial charge in [-0.05, 0) is 50.1 Å². The monoisotopic (exact) mass is 210 g/mol. The SMILES string of the molecule is CC1CCCN(CC2(CN)CCCC2)C1. The first-order valence-corrected chi connectivity index (χ1v) is 6.66. The molecule has 2 N–H and O–H groups in total. The van der Waals surface area contributed by atoms with E-state index < -0.39 is 0 Å². The molecule has 0 spiro atoms. The summed E-state index contributed by atoms with van der Waals surface area (Å²) < 4.78 is 0. The molecule has 0 amide bonds. The van der Waals surface area contributed by atoms with Crippen LogP contribution in [-0.4, -0.2) is 31.1 Å². The van der Waals surface area contributed by atoms with Crippen molar-refractivity contribution < 1.29 is 0 Å². The summed E-state index contributed by atoms with van der Waals surface area (Å²) in [5.41, 5.74) is 6.48. The average Bonchev–Trinajstić information content (AvgIpc) is 2.67. The zero-order chi connectivity index (χ0) is 10.7. The van der Waals surface area contributed by atoms with Crippen LogP contribution >= 0.6 is 0 Å². The number of nitrogens with zero attached hydrogens (tertiary/aromatic N) is 1. The fourth-order valence-electron chi connectivity index (χ4n) is 3.46. The number of piperidine rings is 1. The first kappa shape index (κ1) is 11.4. The third-order valence-electron chi connectivity index (χ3n) is 4.40. The topological polar surface area (TPSA) is 29.3 Å². The third kappa shape index (κ3) is 2.73. The van der Waals surface area contributed by atoms with Crippen LogP contribution in [0, 0.1) is 11.3 Å². The van der Waals surface area contributed by atoms with Gasteiger partial charge in [-0.15, -0.1) is 0 Å². The van der Waals surface area contributed by atoms with Gasteiger partial charge >= 0.3 is 0 Å². The molecule has 0 aromatic heterocycles. The highest BCUT2D eigenvalue weighted by atomic mass is 15.1. The van der Waals surface area contributed by atoms with Crippen molar-refractivity contribution in [2.75, 3.05) is 26.2 Å². The summed E-state index contributed by atoms with van der Waals surface area (Å²) in [6, 6.07) is 0. The van der Waals surface area contributed by atoms with Gasteiger partial charge in [0.1, 0.15) is 0 Å². The van der Waals surface area contributed by atoms with E-state index in [2.05, 4.69) is 11.8 Å². The Bertz CT molecular complexity index is 197. The molecule has 1 saturated carbocycles. The quantitative estimate of drug-likeness (QED) is 0.774. The molecular formula is C13H26N2. The molecular weight excluding hydrogens is 184 g/mol. The molecule has 2 nitrogen and oxygen atoms in total. The number of nitrogens with two attached hydrogens (primary N) is 1. The predicted molar refractivity (Wildman–Crippen MR) is 64.8 cm³/mol. The molecule has 0 bridgehead atoms. The minimum absolute atomic E-state index is 0.483. The third-order valence-corrected chi connectivity index (χ3v) is 4.40. The molecule has 2 rings (SSSR count). The average molecular weight is 210 g/mol. The maximum absolute atomic E-state index is 5.99. The molecule has 88 valence electrons. The standard InChI is InChI=1S/C13H26N2/c1-12-5-4-8-15(9-12)11-13(10-14)6-2-3-7-13/h12H,2-11,14H2,1H3. The predicted octanol–water partition coefficient (Wildman–Crippen LogP) is 2.24. The minimum Gasteiger partial charge on any atom is -0.330 e. The van der Waals surface area contributed by atoms with Crippen LogP contribution in [0.2, 0.25) is 0 Å². The van der Waals surface area contributed by atoms with Gasteiger partial charge in [0, 0.05) is 13.1 Å². The summed E-state index contributed by atoms with van der Waals surface area (Å²) >= 11 is 0. The maximum atomic E-state index is 5.99. The van der Waals surface area contributed by atoms with E-state index in [0.29, 0.717) is 5.41 Å². The molecule has 2 heteroatoms. The second-order valence-electron chi connectivity index (χ2n) is 5.89. The molecule has 0 radical (unpaired) electrons. The maximum Gasteiger partial charge on any atom is 0.00502 e. The van der Waals surface area contributed by atoms with Crippen LogP contribution in [-0.2, 0) is 0 Å². The Balaban J connectivity index is 1.88. The van der Waals surface area contributed by atoms with Crippen molar-refractivity contribution in [1.82, 2.24) is 4.90 Å². The largest absolute Gasteiger partial charge is 0.330 e. The van der Waals surface area contributed by atoms with Gasteiger partial charge in [-0.2, -0.15) is 0 Å². The van der Waals surface area contributed by atoms with E-state index in [4.69, 9.17) is 5.73 Å². The summed E-state index contributed by atoms with van der Waals surface area (Å²) in [6.45, 7) is 7.18. The van der Waals surface area contributed by atoms with Crippen molar-refractivity contribution in [3.8, 4) is 0 Å². The minimum atomic E-state index is 0.483. The van der Waals surface area contributed by atoms with Gasteiger partial charge in [-0.25, -0.2) is 0 Å². The van der Waals surface area contributed by atoms with Crippen LogP contribution in [0.25, 0.3) is 0 Å². The van der Waals surface area contributed by atoms with Gasteiger partial charge in [0.05, 0.1) is 0 Å². The first-order chi connectivity index (χ1) is 7.24. The Labute approximate surface area is 94.2 Å². The van der Waals surface area contributed by atoms with Gasteiger partial charge in [-0.3, -0.25) is 0 Å². The zero-order valence-corrected chi connectivity index (χ0v) is 10.2.